The summed E-state index contributed by atoms with van der Waals surface area (Å²) < 4.78 is 1.18. The Labute approximate surface area is 125 Å². The van der Waals surface area contributed by atoms with Gasteiger partial charge in [-0.25, -0.2) is 0 Å². The lowest BCUT2D eigenvalue weighted by atomic mass is 9.74. The van der Waals surface area contributed by atoms with Crippen molar-refractivity contribution in [2.45, 2.75) is 46.1 Å². The first-order valence-corrected chi connectivity index (χ1v) is 8.17. The van der Waals surface area contributed by atoms with Gasteiger partial charge in [0.05, 0.1) is 5.69 Å². The van der Waals surface area contributed by atoms with E-state index in [1.165, 1.54) is 54.5 Å². The molecule has 0 amide bonds. The average Bonchev–Trinajstić information content (AvgIpc) is 2.47. The molecule has 106 valence electrons. The molecule has 0 aromatic heterocycles. The summed E-state index contributed by atoms with van der Waals surface area (Å²) in [4.78, 5) is 2.51. The number of nitrogens with zero attached hydrogens (tertiary/aromatic N) is 1. The molecule has 1 aromatic carbocycles. The molecule has 2 rings (SSSR count). The molecule has 0 saturated carbocycles. The maximum atomic E-state index is 5.68. The second kappa shape index (κ2) is 6.27. The molecule has 0 spiro atoms. The quantitative estimate of drug-likeness (QED) is 0.893. The zero-order chi connectivity index (χ0) is 13.9. The lowest BCUT2D eigenvalue weighted by Gasteiger charge is -2.42. The summed E-state index contributed by atoms with van der Waals surface area (Å²) in [6.07, 6.45) is 5.24. The van der Waals surface area contributed by atoms with Crippen LogP contribution in [0.3, 0.4) is 0 Å². The van der Waals surface area contributed by atoms with E-state index in [4.69, 9.17) is 5.73 Å². The molecule has 1 aliphatic heterocycles. The summed E-state index contributed by atoms with van der Waals surface area (Å²) in [5.74, 6) is 0. The predicted octanol–water partition coefficient (Wildman–Crippen LogP) is 4.31. The molecule has 0 unspecified atom stereocenters. The van der Waals surface area contributed by atoms with Crippen molar-refractivity contribution >= 4 is 21.6 Å². The predicted molar refractivity (Wildman–Crippen MR) is 86.5 cm³/mol. The minimum absolute atomic E-state index is 0.584. The second-order valence-corrected chi connectivity index (χ2v) is 6.54. The van der Waals surface area contributed by atoms with Crippen LogP contribution in [-0.2, 0) is 6.54 Å². The highest BCUT2D eigenvalue weighted by Crippen LogP contribution is 2.40. The Kier molecular flexibility index (Phi) is 4.91. The fourth-order valence-electron chi connectivity index (χ4n) is 3.11. The molecule has 1 heterocycles. The van der Waals surface area contributed by atoms with Gasteiger partial charge in [0.1, 0.15) is 0 Å². The zero-order valence-electron chi connectivity index (χ0n) is 12.1. The lowest BCUT2D eigenvalue weighted by molar-refractivity contribution is 0.199. The standard InChI is InChI=1S/C16H25BrN2/c1-3-16(4-2)7-9-19(10-8-16)15-6-5-13(12-18)11-14(15)17/h5-6,11H,3-4,7-10,12,18H2,1-2H3. The lowest BCUT2D eigenvalue weighted by Crippen LogP contribution is -2.39. The highest BCUT2D eigenvalue weighted by atomic mass is 79.9. The van der Waals surface area contributed by atoms with Crippen molar-refractivity contribution < 1.29 is 0 Å². The molecule has 1 aromatic rings. The minimum Gasteiger partial charge on any atom is -0.371 e. The number of hydrogen-bond acceptors (Lipinski definition) is 2. The van der Waals surface area contributed by atoms with E-state index in [0.717, 1.165) is 0 Å². The number of anilines is 1. The van der Waals surface area contributed by atoms with Gasteiger partial charge in [-0.2, -0.15) is 0 Å². The first-order chi connectivity index (χ1) is 9.14. The van der Waals surface area contributed by atoms with Crippen LogP contribution in [-0.4, -0.2) is 13.1 Å². The van der Waals surface area contributed by atoms with Crippen LogP contribution >= 0.6 is 15.9 Å². The Balaban J connectivity index is 2.09. The van der Waals surface area contributed by atoms with Gasteiger partial charge in [-0.15, -0.1) is 0 Å². The molecule has 1 aliphatic rings. The molecule has 1 saturated heterocycles. The molecule has 0 atom stereocenters. The molecule has 0 aliphatic carbocycles. The average molecular weight is 325 g/mol. The SMILES string of the molecule is CCC1(CC)CCN(c2ccc(CN)cc2Br)CC1. The Morgan fingerprint density at radius 3 is 2.32 bits per heavy atom. The third kappa shape index (κ3) is 3.14. The number of hydrogen-bond donors (Lipinski definition) is 1. The summed E-state index contributed by atoms with van der Waals surface area (Å²) >= 11 is 3.69. The van der Waals surface area contributed by atoms with E-state index in [9.17, 15) is 0 Å². The van der Waals surface area contributed by atoms with E-state index in [-0.39, 0.29) is 0 Å². The van der Waals surface area contributed by atoms with Crippen LogP contribution in [0.2, 0.25) is 0 Å². The number of rotatable bonds is 4. The van der Waals surface area contributed by atoms with Crippen LogP contribution in [0.4, 0.5) is 5.69 Å². The van der Waals surface area contributed by atoms with Gasteiger partial charge in [0.15, 0.2) is 0 Å². The van der Waals surface area contributed by atoms with Gasteiger partial charge >= 0.3 is 0 Å². The van der Waals surface area contributed by atoms with Crippen molar-refractivity contribution in [2.24, 2.45) is 11.1 Å². The topological polar surface area (TPSA) is 29.3 Å². The normalized spacial score (nSPS) is 18.6. The van der Waals surface area contributed by atoms with Crippen LogP contribution in [0.25, 0.3) is 0 Å². The first kappa shape index (κ1) is 14.9. The van der Waals surface area contributed by atoms with Gasteiger partial charge in [-0.05, 0) is 51.9 Å². The second-order valence-electron chi connectivity index (χ2n) is 5.68. The summed E-state index contributed by atoms with van der Waals surface area (Å²) in [7, 11) is 0. The maximum Gasteiger partial charge on any atom is 0.0510 e. The van der Waals surface area contributed by atoms with Crippen LogP contribution in [0, 0.1) is 5.41 Å². The largest absolute Gasteiger partial charge is 0.371 e. The molecule has 1 fully saturated rings. The van der Waals surface area contributed by atoms with E-state index in [1.807, 2.05) is 0 Å². The highest BCUT2D eigenvalue weighted by molar-refractivity contribution is 9.10. The summed E-state index contributed by atoms with van der Waals surface area (Å²) in [6.45, 7) is 7.62. The molecular formula is C16H25BrN2. The smallest absolute Gasteiger partial charge is 0.0510 e. The molecule has 3 heteroatoms. The number of benzene rings is 1. The van der Waals surface area contributed by atoms with Crippen LogP contribution in [0.1, 0.15) is 45.1 Å². The summed E-state index contributed by atoms with van der Waals surface area (Å²) in [6, 6.07) is 6.50. The van der Waals surface area contributed by atoms with Crippen molar-refractivity contribution in [3.8, 4) is 0 Å². The van der Waals surface area contributed by atoms with Gasteiger partial charge in [-0.1, -0.05) is 32.8 Å². The van der Waals surface area contributed by atoms with Gasteiger partial charge in [-0.3, -0.25) is 0 Å². The van der Waals surface area contributed by atoms with Crippen molar-refractivity contribution in [1.82, 2.24) is 0 Å². The summed E-state index contributed by atoms with van der Waals surface area (Å²) in [5.41, 5.74) is 8.77. The van der Waals surface area contributed by atoms with Gasteiger partial charge in [0.2, 0.25) is 0 Å². The maximum absolute atomic E-state index is 5.68. The van der Waals surface area contributed by atoms with Crippen molar-refractivity contribution in [2.75, 3.05) is 18.0 Å². The third-order valence-electron chi connectivity index (χ3n) is 4.91. The van der Waals surface area contributed by atoms with E-state index in [0.29, 0.717) is 12.0 Å². The molecule has 0 radical (unpaired) electrons. The fraction of sp³-hybridized carbons (Fsp3) is 0.625. The Morgan fingerprint density at radius 2 is 1.84 bits per heavy atom. The molecule has 0 bridgehead atoms. The Morgan fingerprint density at radius 1 is 1.21 bits per heavy atom. The van der Waals surface area contributed by atoms with E-state index >= 15 is 0 Å². The number of piperidine rings is 1. The summed E-state index contributed by atoms with van der Waals surface area (Å²) in [5, 5.41) is 0. The van der Waals surface area contributed by atoms with Crippen molar-refractivity contribution in [1.29, 1.82) is 0 Å². The van der Waals surface area contributed by atoms with Crippen LogP contribution < -0.4 is 10.6 Å². The number of halogens is 1. The van der Waals surface area contributed by atoms with Gasteiger partial charge in [0.25, 0.3) is 0 Å². The zero-order valence-corrected chi connectivity index (χ0v) is 13.7. The molecular weight excluding hydrogens is 300 g/mol. The minimum atomic E-state index is 0.584. The fourth-order valence-corrected chi connectivity index (χ4v) is 3.79. The molecule has 19 heavy (non-hydrogen) atoms. The van der Waals surface area contributed by atoms with E-state index in [2.05, 4.69) is 52.9 Å². The van der Waals surface area contributed by atoms with Crippen LogP contribution in [0.15, 0.2) is 22.7 Å². The van der Waals surface area contributed by atoms with Crippen molar-refractivity contribution in [3.05, 3.63) is 28.2 Å². The molecule has 2 N–H and O–H groups in total. The first-order valence-electron chi connectivity index (χ1n) is 7.37. The van der Waals surface area contributed by atoms with E-state index < -0.39 is 0 Å². The molecule has 2 nitrogen and oxygen atoms in total. The van der Waals surface area contributed by atoms with Gasteiger partial charge < -0.3 is 10.6 Å². The third-order valence-corrected chi connectivity index (χ3v) is 5.55. The Hall–Kier alpha value is -0.540. The Bertz CT molecular complexity index is 417. The van der Waals surface area contributed by atoms with E-state index in [1.54, 1.807) is 0 Å². The monoisotopic (exact) mass is 324 g/mol. The number of nitrogens with two attached hydrogens (primary N) is 1. The van der Waals surface area contributed by atoms with Crippen LogP contribution in [0.5, 0.6) is 0 Å². The van der Waals surface area contributed by atoms with Gasteiger partial charge in [0, 0.05) is 24.1 Å². The van der Waals surface area contributed by atoms with Crippen molar-refractivity contribution in [3.63, 3.8) is 0 Å². The highest BCUT2D eigenvalue weighted by Gasteiger charge is 2.31.